The molecule has 0 radical (unpaired) electrons. The lowest BCUT2D eigenvalue weighted by atomic mass is 10.2. The molecule has 0 bridgehead atoms. The molecule has 72 valence electrons. The third-order valence-electron chi connectivity index (χ3n) is 1.94. The number of hydrogen-bond donors (Lipinski definition) is 0. The maximum Gasteiger partial charge on any atom is 0.241 e. The third-order valence-corrected chi connectivity index (χ3v) is 3.19. The Morgan fingerprint density at radius 2 is 2.23 bits per heavy atom. The monoisotopic (exact) mass is 217 g/mol. The van der Waals surface area contributed by atoms with Gasteiger partial charge in [0.2, 0.25) is 5.91 Å². The molecule has 0 aliphatic heterocycles. The average molecular weight is 218 g/mol. The van der Waals surface area contributed by atoms with E-state index in [1.807, 2.05) is 19.2 Å². The lowest BCUT2D eigenvalue weighted by Gasteiger charge is -2.16. The molecule has 1 rings (SSSR count). The summed E-state index contributed by atoms with van der Waals surface area (Å²) in [7, 11) is 1.76. The summed E-state index contributed by atoms with van der Waals surface area (Å²) in [5.41, 5.74) is 2.12. The van der Waals surface area contributed by atoms with Crippen molar-refractivity contribution in [2.75, 3.05) is 17.8 Å². The summed E-state index contributed by atoms with van der Waals surface area (Å²) in [5, 5.41) is 2.04. The summed E-state index contributed by atoms with van der Waals surface area (Å²) in [5.74, 6) is -0.0307. The second-order valence-electron chi connectivity index (χ2n) is 2.91. The summed E-state index contributed by atoms with van der Waals surface area (Å²) in [6.45, 7) is 4.00. The Morgan fingerprint density at radius 1 is 1.62 bits per heavy atom. The van der Waals surface area contributed by atoms with Gasteiger partial charge in [-0.1, -0.05) is 0 Å². The van der Waals surface area contributed by atoms with Crippen molar-refractivity contribution in [2.45, 2.75) is 13.8 Å². The van der Waals surface area contributed by atoms with Gasteiger partial charge in [-0.15, -0.1) is 22.9 Å². The number of carbonyl (C=O) groups is 1. The summed E-state index contributed by atoms with van der Waals surface area (Å²) >= 11 is 7.13. The first kappa shape index (κ1) is 10.5. The van der Waals surface area contributed by atoms with Gasteiger partial charge in [0, 0.05) is 11.9 Å². The fraction of sp³-hybridized carbons (Fsp3) is 0.444. The van der Waals surface area contributed by atoms with Crippen molar-refractivity contribution in [2.24, 2.45) is 0 Å². The molecule has 0 spiro atoms. The largest absolute Gasteiger partial charge is 0.313 e. The average Bonchev–Trinajstić information content (AvgIpc) is 2.44. The van der Waals surface area contributed by atoms with Crippen LogP contribution in [0, 0.1) is 13.8 Å². The Labute approximate surface area is 87.1 Å². The van der Waals surface area contributed by atoms with Gasteiger partial charge in [0.15, 0.2) is 0 Å². The number of carbonyl (C=O) groups excluding carboxylic acids is 1. The van der Waals surface area contributed by atoms with Crippen molar-refractivity contribution in [1.29, 1.82) is 0 Å². The molecule has 1 aromatic rings. The summed E-state index contributed by atoms with van der Waals surface area (Å²) in [6, 6.07) is 0. The number of amides is 1. The minimum Gasteiger partial charge on any atom is -0.313 e. The van der Waals surface area contributed by atoms with Gasteiger partial charge >= 0.3 is 0 Å². The Balaban J connectivity index is 3.00. The molecule has 0 saturated carbocycles. The van der Waals surface area contributed by atoms with E-state index in [2.05, 4.69) is 0 Å². The zero-order valence-corrected chi connectivity index (χ0v) is 9.50. The lowest BCUT2D eigenvalue weighted by molar-refractivity contribution is -0.116. The van der Waals surface area contributed by atoms with Gasteiger partial charge in [-0.05, 0) is 24.8 Å². The van der Waals surface area contributed by atoms with Gasteiger partial charge in [0.25, 0.3) is 0 Å². The van der Waals surface area contributed by atoms with E-state index in [9.17, 15) is 4.79 Å². The normalized spacial score (nSPS) is 10.2. The van der Waals surface area contributed by atoms with Crippen LogP contribution in [0.4, 0.5) is 5.69 Å². The zero-order valence-electron chi connectivity index (χ0n) is 7.93. The van der Waals surface area contributed by atoms with Crippen LogP contribution >= 0.6 is 22.9 Å². The number of anilines is 1. The molecule has 0 aromatic carbocycles. The Morgan fingerprint density at radius 3 is 2.62 bits per heavy atom. The molecular formula is C9H12ClNOS. The van der Waals surface area contributed by atoms with E-state index in [-0.39, 0.29) is 11.8 Å². The molecule has 0 aliphatic carbocycles. The topological polar surface area (TPSA) is 20.3 Å². The molecule has 0 saturated heterocycles. The molecule has 0 aliphatic rings. The molecule has 0 unspecified atom stereocenters. The van der Waals surface area contributed by atoms with E-state index in [0.29, 0.717) is 0 Å². The molecule has 0 atom stereocenters. The number of nitrogens with zero attached hydrogens (tertiary/aromatic N) is 1. The lowest BCUT2D eigenvalue weighted by Crippen LogP contribution is -2.27. The molecule has 0 fully saturated rings. The molecule has 4 heteroatoms. The van der Waals surface area contributed by atoms with Crippen LogP contribution in [0.15, 0.2) is 5.38 Å². The quantitative estimate of drug-likeness (QED) is 0.698. The van der Waals surface area contributed by atoms with Crippen LogP contribution in [0.1, 0.15) is 10.4 Å². The maximum absolute atomic E-state index is 11.3. The number of aryl methyl sites for hydroxylation is 2. The third kappa shape index (κ3) is 2.03. The second-order valence-corrected chi connectivity index (χ2v) is 4.26. The number of hydrogen-bond acceptors (Lipinski definition) is 2. The highest BCUT2D eigenvalue weighted by Gasteiger charge is 2.15. The summed E-state index contributed by atoms with van der Waals surface area (Å²) in [4.78, 5) is 14.1. The van der Waals surface area contributed by atoms with Gasteiger partial charge in [0.1, 0.15) is 5.88 Å². The molecule has 1 heterocycles. The fourth-order valence-corrected chi connectivity index (χ4v) is 2.34. The van der Waals surface area contributed by atoms with Gasteiger partial charge in [-0.3, -0.25) is 4.79 Å². The standard InChI is InChI=1S/C9H12ClNOS/c1-6-5-13-7(2)9(6)11(3)8(12)4-10/h5H,4H2,1-3H3. The van der Waals surface area contributed by atoms with Crippen molar-refractivity contribution in [1.82, 2.24) is 0 Å². The first-order chi connectivity index (χ1) is 6.07. The van der Waals surface area contributed by atoms with E-state index in [4.69, 9.17) is 11.6 Å². The van der Waals surface area contributed by atoms with Crippen molar-refractivity contribution < 1.29 is 4.79 Å². The Bertz CT molecular complexity index is 302. The number of halogens is 1. The van der Waals surface area contributed by atoms with Gasteiger partial charge in [-0.2, -0.15) is 0 Å². The second kappa shape index (κ2) is 4.11. The Kier molecular flexibility index (Phi) is 3.33. The van der Waals surface area contributed by atoms with E-state index in [1.54, 1.807) is 23.3 Å². The van der Waals surface area contributed by atoms with Crippen LogP contribution in [0.2, 0.25) is 0 Å². The SMILES string of the molecule is Cc1csc(C)c1N(C)C(=O)CCl. The first-order valence-corrected chi connectivity index (χ1v) is 5.36. The van der Waals surface area contributed by atoms with Crippen LogP contribution in [-0.2, 0) is 4.79 Å². The predicted octanol–water partition coefficient (Wildman–Crippen LogP) is 2.57. The molecule has 13 heavy (non-hydrogen) atoms. The smallest absolute Gasteiger partial charge is 0.241 e. The highest BCUT2D eigenvalue weighted by molar-refractivity contribution is 7.10. The van der Waals surface area contributed by atoms with E-state index < -0.39 is 0 Å². The van der Waals surface area contributed by atoms with Crippen LogP contribution in [0.25, 0.3) is 0 Å². The van der Waals surface area contributed by atoms with Crippen LogP contribution in [0.3, 0.4) is 0 Å². The van der Waals surface area contributed by atoms with Crippen LogP contribution in [0.5, 0.6) is 0 Å². The number of alkyl halides is 1. The van der Waals surface area contributed by atoms with Gasteiger partial charge in [0.05, 0.1) is 5.69 Å². The van der Waals surface area contributed by atoms with E-state index >= 15 is 0 Å². The minimum absolute atomic E-state index is 0.0330. The molecule has 1 amide bonds. The van der Waals surface area contributed by atoms with Crippen molar-refractivity contribution >= 4 is 34.5 Å². The van der Waals surface area contributed by atoms with E-state index in [0.717, 1.165) is 16.1 Å². The highest BCUT2D eigenvalue weighted by atomic mass is 35.5. The van der Waals surface area contributed by atoms with Crippen molar-refractivity contribution in [3.05, 3.63) is 15.8 Å². The molecule has 0 N–H and O–H groups in total. The maximum atomic E-state index is 11.3. The van der Waals surface area contributed by atoms with Gasteiger partial charge < -0.3 is 4.90 Å². The first-order valence-electron chi connectivity index (χ1n) is 3.95. The zero-order chi connectivity index (χ0) is 10.0. The minimum atomic E-state index is -0.0636. The Hall–Kier alpha value is -0.540. The van der Waals surface area contributed by atoms with Crippen molar-refractivity contribution in [3.8, 4) is 0 Å². The highest BCUT2D eigenvalue weighted by Crippen LogP contribution is 2.29. The van der Waals surface area contributed by atoms with Crippen LogP contribution in [-0.4, -0.2) is 18.8 Å². The number of thiophene rings is 1. The fourth-order valence-electron chi connectivity index (χ4n) is 1.28. The van der Waals surface area contributed by atoms with Crippen LogP contribution < -0.4 is 4.90 Å². The molecular weight excluding hydrogens is 206 g/mol. The molecule has 1 aromatic heterocycles. The van der Waals surface area contributed by atoms with E-state index in [1.165, 1.54) is 0 Å². The van der Waals surface area contributed by atoms with Gasteiger partial charge in [-0.25, -0.2) is 0 Å². The molecule has 2 nitrogen and oxygen atoms in total. The predicted molar refractivity (Wildman–Crippen MR) is 57.9 cm³/mol. The summed E-state index contributed by atoms with van der Waals surface area (Å²) in [6.07, 6.45) is 0. The number of rotatable bonds is 2. The van der Waals surface area contributed by atoms with Crippen molar-refractivity contribution in [3.63, 3.8) is 0 Å². The summed E-state index contributed by atoms with van der Waals surface area (Å²) < 4.78 is 0.